The van der Waals surface area contributed by atoms with Crippen LogP contribution < -0.4 is 10.1 Å². The molecule has 0 saturated carbocycles. The molecule has 1 saturated heterocycles. The van der Waals surface area contributed by atoms with Crippen LogP contribution in [-0.4, -0.2) is 58.5 Å². The predicted octanol–water partition coefficient (Wildman–Crippen LogP) is 2.39. The normalized spacial score (nSPS) is 16.6. The lowest BCUT2D eigenvalue weighted by atomic mass is 10.1. The van der Waals surface area contributed by atoms with Crippen LogP contribution in [0.3, 0.4) is 0 Å². The van der Waals surface area contributed by atoms with Crippen molar-refractivity contribution in [3.8, 4) is 11.5 Å². The Morgan fingerprint density at radius 1 is 1.38 bits per heavy atom. The Balaban J connectivity index is 1.66. The van der Waals surface area contributed by atoms with Gasteiger partial charge >= 0.3 is 0 Å². The second-order valence-electron chi connectivity index (χ2n) is 6.94. The molecule has 29 heavy (non-hydrogen) atoms. The molecule has 1 fully saturated rings. The minimum atomic E-state index is -0.479. The van der Waals surface area contributed by atoms with Crippen LogP contribution >= 0.6 is 0 Å². The van der Waals surface area contributed by atoms with Gasteiger partial charge in [-0.3, -0.25) is 24.8 Å². The molecule has 2 aromatic rings. The first kappa shape index (κ1) is 20.7. The Bertz CT molecular complexity index is 889. The number of likely N-dealkylation sites (tertiary alicyclic amines) is 1. The predicted molar refractivity (Wildman–Crippen MR) is 107 cm³/mol. The van der Waals surface area contributed by atoms with Gasteiger partial charge in [0.25, 0.3) is 5.69 Å². The number of carbonyl (C=O) groups is 1. The molecular weight excluding hydrogens is 376 g/mol. The van der Waals surface area contributed by atoms with E-state index >= 15 is 0 Å². The van der Waals surface area contributed by atoms with Gasteiger partial charge in [0.15, 0.2) is 5.78 Å². The van der Waals surface area contributed by atoms with Gasteiger partial charge in [-0.2, -0.15) is 0 Å². The SMILES string of the molecule is CNc1ccc(Oc2ccnc(CC(=O)CN3CCC[C@H]3CO)c2)cc1[N+](=O)[O-]. The molecule has 1 aromatic heterocycles. The lowest BCUT2D eigenvalue weighted by Crippen LogP contribution is -2.37. The van der Waals surface area contributed by atoms with Crippen LogP contribution in [-0.2, 0) is 11.2 Å². The maximum absolute atomic E-state index is 12.4. The van der Waals surface area contributed by atoms with Gasteiger partial charge in [0.2, 0.25) is 0 Å². The fourth-order valence-corrected chi connectivity index (χ4v) is 3.48. The van der Waals surface area contributed by atoms with Crippen molar-refractivity contribution in [3.05, 3.63) is 52.3 Å². The van der Waals surface area contributed by atoms with E-state index in [4.69, 9.17) is 4.74 Å². The van der Waals surface area contributed by atoms with E-state index < -0.39 is 4.92 Å². The summed E-state index contributed by atoms with van der Waals surface area (Å²) in [6.45, 7) is 1.16. The van der Waals surface area contributed by atoms with Crippen molar-refractivity contribution in [1.29, 1.82) is 0 Å². The van der Waals surface area contributed by atoms with Gasteiger partial charge in [-0.25, -0.2) is 0 Å². The minimum Gasteiger partial charge on any atom is -0.457 e. The highest BCUT2D eigenvalue weighted by molar-refractivity contribution is 5.82. The fourth-order valence-electron chi connectivity index (χ4n) is 3.48. The van der Waals surface area contributed by atoms with Crippen LogP contribution in [0.15, 0.2) is 36.5 Å². The number of anilines is 1. The van der Waals surface area contributed by atoms with E-state index in [9.17, 15) is 20.0 Å². The third-order valence-corrected chi connectivity index (χ3v) is 4.93. The smallest absolute Gasteiger partial charge is 0.296 e. The number of Topliss-reactive ketones (excluding diaryl/α,β-unsaturated/α-hetero) is 1. The topological polar surface area (TPSA) is 118 Å². The number of nitrogens with one attached hydrogen (secondary N) is 1. The molecule has 0 spiro atoms. The molecule has 2 N–H and O–H groups in total. The summed E-state index contributed by atoms with van der Waals surface area (Å²) < 4.78 is 5.73. The number of ether oxygens (including phenoxy) is 1. The molecule has 9 heteroatoms. The van der Waals surface area contributed by atoms with Crippen LogP contribution in [0.4, 0.5) is 11.4 Å². The summed E-state index contributed by atoms with van der Waals surface area (Å²) in [5, 5.41) is 23.3. The zero-order chi connectivity index (χ0) is 20.8. The first-order valence-corrected chi connectivity index (χ1v) is 9.45. The van der Waals surface area contributed by atoms with E-state index in [0.29, 0.717) is 22.9 Å². The van der Waals surface area contributed by atoms with Gasteiger partial charge in [-0.1, -0.05) is 0 Å². The first-order chi connectivity index (χ1) is 14.0. The third-order valence-electron chi connectivity index (χ3n) is 4.93. The summed E-state index contributed by atoms with van der Waals surface area (Å²) in [5.74, 6) is 0.787. The number of hydrogen-bond acceptors (Lipinski definition) is 8. The highest BCUT2D eigenvalue weighted by Gasteiger charge is 2.25. The van der Waals surface area contributed by atoms with Crippen LogP contribution in [0.1, 0.15) is 18.5 Å². The fraction of sp³-hybridized carbons (Fsp3) is 0.400. The maximum atomic E-state index is 12.4. The number of carbonyl (C=O) groups excluding carboxylic acids is 1. The molecule has 2 heterocycles. The van der Waals surface area contributed by atoms with E-state index in [1.54, 1.807) is 37.5 Å². The van der Waals surface area contributed by atoms with Gasteiger partial charge in [0.1, 0.15) is 17.2 Å². The Hall–Kier alpha value is -3.04. The van der Waals surface area contributed by atoms with Gasteiger partial charge in [0.05, 0.1) is 36.3 Å². The molecule has 1 aromatic carbocycles. The average molecular weight is 400 g/mol. The molecule has 0 amide bonds. The van der Waals surface area contributed by atoms with E-state index in [1.807, 2.05) is 4.90 Å². The van der Waals surface area contributed by atoms with Crippen LogP contribution in [0, 0.1) is 10.1 Å². The van der Waals surface area contributed by atoms with Gasteiger partial charge in [-0.05, 0) is 37.6 Å². The number of nitro benzene ring substituents is 1. The third kappa shape index (κ3) is 5.27. The summed E-state index contributed by atoms with van der Waals surface area (Å²) >= 11 is 0. The number of benzene rings is 1. The number of aliphatic hydroxyl groups is 1. The first-order valence-electron chi connectivity index (χ1n) is 9.45. The highest BCUT2D eigenvalue weighted by Crippen LogP contribution is 2.31. The molecule has 1 aliphatic rings. The van der Waals surface area contributed by atoms with E-state index in [0.717, 1.165) is 19.4 Å². The van der Waals surface area contributed by atoms with Crippen LogP contribution in [0.2, 0.25) is 0 Å². The molecule has 0 aliphatic carbocycles. The summed E-state index contributed by atoms with van der Waals surface area (Å²) in [6.07, 6.45) is 3.59. The van der Waals surface area contributed by atoms with Crippen molar-refractivity contribution in [2.24, 2.45) is 0 Å². The zero-order valence-corrected chi connectivity index (χ0v) is 16.2. The van der Waals surface area contributed by atoms with Crippen LogP contribution in [0.5, 0.6) is 11.5 Å². The Kier molecular flexibility index (Phi) is 6.73. The second-order valence-corrected chi connectivity index (χ2v) is 6.94. The maximum Gasteiger partial charge on any atom is 0.296 e. The standard InChI is InChI=1S/C20H24N4O5/c1-21-19-5-4-17(11-20(19)24(27)28)29-18-6-7-22-14(10-18)9-16(26)12-23-8-2-3-15(23)13-25/h4-7,10-11,15,21,25H,2-3,8-9,12-13H2,1H3/t15-/m0/s1. The number of nitrogens with zero attached hydrogens (tertiary/aromatic N) is 3. The summed E-state index contributed by atoms with van der Waals surface area (Å²) in [5.41, 5.74) is 0.874. The quantitative estimate of drug-likeness (QED) is 0.487. The lowest BCUT2D eigenvalue weighted by Gasteiger charge is -2.21. The Labute approximate surface area is 168 Å². The van der Waals surface area contributed by atoms with Crippen molar-refractivity contribution in [3.63, 3.8) is 0 Å². The molecule has 154 valence electrons. The summed E-state index contributed by atoms with van der Waals surface area (Å²) in [6, 6.07) is 7.90. The summed E-state index contributed by atoms with van der Waals surface area (Å²) in [7, 11) is 1.61. The van der Waals surface area contributed by atoms with E-state index in [1.165, 1.54) is 6.07 Å². The largest absolute Gasteiger partial charge is 0.457 e. The average Bonchev–Trinajstić information content (AvgIpc) is 3.15. The number of aliphatic hydroxyl groups excluding tert-OH is 1. The number of hydrogen-bond donors (Lipinski definition) is 2. The van der Waals surface area contributed by atoms with Crippen molar-refractivity contribution in [2.75, 3.05) is 32.1 Å². The minimum absolute atomic E-state index is 0.0176. The van der Waals surface area contributed by atoms with Gasteiger partial charge < -0.3 is 15.2 Å². The molecule has 3 rings (SSSR count). The number of aromatic nitrogens is 1. The molecule has 9 nitrogen and oxygen atoms in total. The summed E-state index contributed by atoms with van der Waals surface area (Å²) in [4.78, 5) is 29.3. The Morgan fingerprint density at radius 3 is 2.90 bits per heavy atom. The van der Waals surface area contributed by atoms with E-state index in [2.05, 4.69) is 10.3 Å². The highest BCUT2D eigenvalue weighted by atomic mass is 16.6. The van der Waals surface area contributed by atoms with Gasteiger partial charge in [0, 0.05) is 25.4 Å². The zero-order valence-electron chi connectivity index (χ0n) is 16.2. The molecule has 1 atom stereocenters. The van der Waals surface area contributed by atoms with Crippen LogP contribution in [0.25, 0.3) is 0 Å². The van der Waals surface area contributed by atoms with Gasteiger partial charge in [-0.15, -0.1) is 0 Å². The monoisotopic (exact) mass is 400 g/mol. The molecule has 0 unspecified atom stereocenters. The number of pyridine rings is 1. The van der Waals surface area contributed by atoms with Crippen molar-refractivity contribution in [2.45, 2.75) is 25.3 Å². The molecule has 1 aliphatic heterocycles. The molecule has 0 bridgehead atoms. The second kappa shape index (κ2) is 9.44. The number of nitro groups is 1. The molecular formula is C20H24N4O5. The van der Waals surface area contributed by atoms with E-state index in [-0.39, 0.29) is 37.1 Å². The Morgan fingerprint density at radius 2 is 2.17 bits per heavy atom. The van der Waals surface area contributed by atoms with Crippen molar-refractivity contribution >= 4 is 17.2 Å². The number of rotatable bonds is 9. The lowest BCUT2D eigenvalue weighted by molar-refractivity contribution is -0.384. The molecule has 0 radical (unpaired) electrons. The van der Waals surface area contributed by atoms with Crippen molar-refractivity contribution in [1.82, 2.24) is 9.88 Å². The number of ketones is 1. The van der Waals surface area contributed by atoms with Crippen molar-refractivity contribution < 1.29 is 19.6 Å².